The van der Waals surface area contributed by atoms with E-state index in [9.17, 15) is 24.6 Å². The van der Waals surface area contributed by atoms with E-state index in [1.54, 1.807) is 11.0 Å². The molecule has 8 nitrogen and oxygen atoms in total. The van der Waals surface area contributed by atoms with Crippen molar-refractivity contribution in [3.05, 3.63) is 12.7 Å². The first kappa shape index (κ1) is 24.7. The average molecular weight is 451 g/mol. The number of rotatable bonds is 8. The molecule has 0 aromatic rings. The van der Waals surface area contributed by atoms with Crippen molar-refractivity contribution in [1.82, 2.24) is 9.80 Å². The van der Waals surface area contributed by atoms with Gasteiger partial charge in [0.25, 0.3) is 0 Å². The number of aliphatic carboxylic acids is 1. The SMILES string of the molecule is C=CCN(C(=O)C1N([C@@H](CO)C(C)C)C(=O)[C@@H]2[C@@H](C(=O)O)[C@@]3(CC)CCC12O3)C(C)(C)C. The number of nitrogens with zero attached hydrogens (tertiary/aromatic N) is 2. The van der Waals surface area contributed by atoms with E-state index in [4.69, 9.17) is 4.74 Å². The molecule has 8 heteroatoms. The van der Waals surface area contributed by atoms with Crippen LogP contribution in [0, 0.1) is 17.8 Å². The Labute approximate surface area is 190 Å². The molecule has 3 fully saturated rings. The molecule has 0 aliphatic carbocycles. The third-order valence-electron chi connectivity index (χ3n) is 7.82. The molecule has 0 aromatic heterocycles. The van der Waals surface area contributed by atoms with Crippen LogP contribution < -0.4 is 0 Å². The molecule has 3 aliphatic rings. The van der Waals surface area contributed by atoms with E-state index in [1.165, 1.54) is 4.90 Å². The number of likely N-dealkylation sites (tertiary alicyclic amines) is 1. The van der Waals surface area contributed by atoms with Crippen molar-refractivity contribution >= 4 is 17.8 Å². The van der Waals surface area contributed by atoms with Gasteiger partial charge in [-0.1, -0.05) is 26.8 Å². The van der Waals surface area contributed by atoms with Gasteiger partial charge in [0.2, 0.25) is 11.8 Å². The lowest BCUT2D eigenvalue weighted by Crippen LogP contribution is -2.62. The van der Waals surface area contributed by atoms with Crippen LogP contribution >= 0.6 is 0 Å². The Morgan fingerprint density at radius 3 is 2.41 bits per heavy atom. The minimum Gasteiger partial charge on any atom is -0.481 e. The summed E-state index contributed by atoms with van der Waals surface area (Å²) in [6.07, 6.45) is 3.03. The van der Waals surface area contributed by atoms with Gasteiger partial charge in [-0.2, -0.15) is 0 Å². The summed E-state index contributed by atoms with van der Waals surface area (Å²) in [4.78, 5) is 43.5. The highest BCUT2D eigenvalue weighted by Gasteiger charge is 2.79. The number of carboxylic acid groups (broad SMARTS) is 1. The molecule has 0 radical (unpaired) electrons. The lowest BCUT2D eigenvalue weighted by Gasteiger charge is -2.44. The first-order valence-electron chi connectivity index (χ1n) is 11.6. The lowest BCUT2D eigenvalue weighted by atomic mass is 9.65. The predicted octanol–water partition coefficient (Wildman–Crippen LogP) is 2.06. The summed E-state index contributed by atoms with van der Waals surface area (Å²) in [7, 11) is 0. The highest BCUT2D eigenvalue weighted by atomic mass is 16.5. The zero-order valence-corrected chi connectivity index (χ0v) is 20.1. The van der Waals surface area contributed by atoms with Crippen molar-refractivity contribution in [2.45, 2.75) is 89.6 Å². The molecule has 0 saturated carbocycles. The Balaban J connectivity index is 2.21. The molecule has 6 atom stereocenters. The van der Waals surface area contributed by atoms with Gasteiger partial charge in [-0.15, -0.1) is 6.58 Å². The third-order valence-corrected chi connectivity index (χ3v) is 7.82. The second-order valence-corrected chi connectivity index (χ2v) is 10.8. The smallest absolute Gasteiger partial charge is 0.310 e. The highest BCUT2D eigenvalue weighted by Crippen LogP contribution is 2.64. The van der Waals surface area contributed by atoms with E-state index in [1.807, 2.05) is 41.5 Å². The van der Waals surface area contributed by atoms with Crippen molar-refractivity contribution < 1.29 is 29.3 Å². The maximum atomic E-state index is 14.2. The van der Waals surface area contributed by atoms with E-state index >= 15 is 0 Å². The van der Waals surface area contributed by atoms with Crippen LogP contribution in [0.15, 0.2) is 12.7 Å². The van der Waals surface area contributed by atoms with Gasteiger partial charge >= 0.3 is 5.97 Å². The second kappa shape index (κ2) is 8.13. The summed E-state index contributed by atoms with van der Waals surface area (Å²) in [6, 6.07) is -1.60. The number of carbonyl (C=O) groups excluding carboxylic acids is 2. The molecule has 3 saturated heterocycles. The molecule has 1 spiro atoms. The number of carbonyl (C=O) groups is 3. The van der Waals surface area contributed by atoms with Gasteiger partial charge in [0, 0.05) is 12.1 Å². The van der Waals surface area contributed by atoms with Gasteiger partial charge in [-0.3, -0.25) is 14.4 Å². The van der Waals surface area contributed by atoms with Gasteiger partial charge in [-0.25, -0.2) is 0 Å². The number of carboxylic acids is 1. The number of amides is 2. The molecule has 180 valence electrons. The average Bonchev–Trinajstić information content (AvgIpc) is 3.29. The predicted molar refractivity (Wildman–Crippen MR) is 119 cm³/mol. The summed E-state index contributed by atoms with van der Waals surface area (Å²) >= 11 is 0. The fourth-order valence-electron chi connectivity index (χ4n) is 6.26. The molecule has 3 rings (SSSR count). The van der Waals surface area contributed by atoms with Crippen molar-refractivity contribution in [1.29, 1.82) is 0 Å². The van der Waals surface area contributed by atoms with Crippen LogP contribution in [0.1, 0.15) is 60.8 Å². The molecule has 2 amide bonds. The molecular formula is C24H38N2O6. The van der Waals surface area contributed by atoms with Gasteiger partial charge in [0.1, 0.15) is 17.6 Å². The maximum absolute atomic E-state index is 14.2. The van der Waals surface area contributed by atoms with Gasteiger partial charge in [0.05, 0.1) is 24.2 Å². The van der Waals surface area contributed by atoms with E-state index < -0.39 is 52.5 Å². The molecule has 32 heavy (non-hydrogen) atoms. The van der Waals surface area contributed by atoms with Crippen LogP contribution in [0.5, 0.6) is 0 Å². The van der Waals surface area contributed by atoms with Crippen LogP contribution in [-0.4, -0.2) is 79.8 Å². The Hall–Kier alpha value is -1.93. The number of aliphatic hydroxyl groups is 1. The number of ether oxygens (including phenoxy) is 1. The van der Waals surface area contributed by atoms with E-state index in [0.29, 0.717) is 19.3 Å². The van der Waals surface area contributed by atoms with Crippen LogP contribution in [0.2, 0.25) is 0 Å². The highest BCUT2D eigenvalue weighted by molar-refractivity contribution is 5.98. The number of aliphatic hydroxyl groups excluding tert-OH is 1. The van der Waals surface area contributed by atoms with Crippen molar-refractivity contribution in [3.8, 4) is 0 Å². The van der Waals surface area contributed by atoms with Gasteiger partial charge < -0.3 is 24.7 Å². The van der Waals surface area contributed by atoms with Crippen molar-refractivity contribution in [2.24, 2.45) is 17.8 Å². The molecule has 3 aliphatic heterocycles. The van der Waals surface area contributed by atoms with Crippen molar-refractivity contribution in [3.63, 3.8) is 0 Å². The van der Waals surface area contributed by atoms with Gasteiger partial charge in [-0.05, 0) is 46.0 Å². The Kier molecular flexibility index (Phi) is 6.28. The Morgan fingerprint density at radius 2 is 1.97 bits per heavy atom. The van der Waals surface area contributed by atoms with Crippen molar-refractivity contribution in [2.75, 3.05) is 13.2 Å². The van der Waals surface area contributed by atoms with E-state index in [2.05, 4.69) is 6.58 Å². The normalized spacial score (nSPS) is 34.7. The Bertz CT molecular complexity index is 805. The molecule has 3 heterocycles. The second-order valence-electron chi connectivity index (χ2n) is 10.8. The summed E-state index contributed by atoms with van der Waals surface area (Å²) in [5.41, 5.74) is -2.71. The first-order chi connectivity index (χ1) is 14.8. The summed E-state index contributed by atoms with van der Waals surface area (Å²) in [5, 5.41) is 20.3. The summed E-state index contributed by atoms with van der Waals surface area (Å²) in [5.74, 6) is -3.83. The van der Waals surface area contributed by atoms with E-state index in [-0.39, 0.29) is 25.0 Å². The molecule has 0 aromatic carbocycles. The maximum Gasteiger partial charge on any atom is 0.310 e. The fraction of sp³-hybridized carbons (Fsp3) is 0.792. The largest absolute Gasteiger partial charge is 0.481 e. The Morgan fingerprint density at radius 1 is 1.34 bits per heavy atom. The monoisotopic (exact) mass is 450 g/mol. The quantitative estimate of drug-likeness (QED) is 0.548. The standard InChI is InChI=1S/C24H38N2O6/c1-8-12-25(22(5,6)7)20(29)18-24-11-10-23(9-2,32-24)17(21(30)31)16(24)19(28)26(18)15(13-27)14(3)4/h8,14-18,27H,1,9-13H2,2-7H3,(H,30,31)/t15-,16-,17-,18?,23+,24?/m0/s1. The molecule has 2 bridgehead atoms. The third kappa shape index (κ3) is 3.29. The van der Waals surface area contributed by atoms with E-state index in [0.717, 1.165) is 0 Å². The lowest BCUT2D eigenvalue weighted by molar-refractivity contribution is -0.162. The van der Waals surface area contributed by atoms with Crippen LogP contribution in [-0.2, 0) is 19.1 Å². The molecular weight excluding hydrogens is 412 g/mol. The van der Waals surface area contributed by atoms with Crippen LogP contribution in [0.25, 0.3) is 0 Å². The zero-order valence-electron chi connectivity index (χ0n) is 20.1. The first-order valence-corrected chi connectivity index (χ1v) is 11.6. The summed E-state index contributed by atoms with van der Waals surface area (Å²) in [6.45, 7) is 15.1. The summed E-state index contributed by atoms with van der Waals surface area (Å²) < 4.78 is 6.55. The van der Waals surface area contributed by atoms with Crippen LogP contribution in [0.4, 0.5) is 0 Å². The zero-order chi connectivity index (χ0) is 24.2. The topological polar surface area (TPSA) is 107 Å². The van der Waals surface area contributed by atoms with Crippen LogP contribution in [0.3, 0.4) is 0 Å². The minimum atomic E-state index is -1.21. The fourth-order valence-corrected chi connectivity index (χ4v) is 6.26. The molecule has 2 N–H and O–H groups in total. The number of fused-ring (bicyclic) bond motifs is 1. The number of hydrogen-bond donors (Lipinski definition) is 2. The number of hydrogen-bond acceptors (Lipinski definition) is 5. The molecule has 2 unspecified atom stereocenters. The minimum absolute atomic E-state index is 0.127. The van der Waals surface area contributed by atoms with Gasteiger partial charge in [0.15, 0.2) is 0 Å².